The second kappa shape index (κ2) is 5.20. The normalized spacial score (nSPS) is 14.2. The van der Waals surface area contributed by atoms with E-state index in [0.29, 0.717) is 0 Å². The van der Waals surface area contributed by atoms with E-state index in [4.69, 9.17) is 23.2 Å². The molecule has 0 bridgehead atoms. The van der Waals surface area contributed by atoms with E-state index >= 15 is 0 Å². The molecule has 0 saturated carbocycles. The second-order valence-electron chi connectivity index (χ2n) is 1.36. The Bertz CT molecular complexity index is 86.5. The SMILES string of the molecule is C=CCC(Cl)C=CCl. The molecule has 0 saturated heterocycles. The zero-order valence-electron chi connectivity index (χ0n) is 4.48. The van der Waals surface area contributed by atoms with E-state index in [9.17, 15) is 0 Å². The molecule has 0 aliphatic carbocycles. The first-order chi connectivity index (χ1) is 3.81. The Morgan fingerprint density at radius 3 is 2.62 bits per heavy atom. The van der Waals surface area contributed by atoms with Crippen molar-refractivity contribution in [3.8, 4) is 0 Å². The standard InChI is InChI=1S/C6H8Cl2/c1-2-3-6(8)4-5-7/h2,4-6H,1,3H2. The number of allylic oxidation sites excluding steroid dienone is 2. The highest BCUT2D eigenvalue weighted by atomic mass is 35.5. The van der Waals surface area contributed by atoms with Crippen molar-refractivity contribution in [2.45, 2.75) is 11.8 Å². The van der Waals surface area contributed by atoms with Crippen molar-refractivity contribution >= 4 is 23.2 Å². The molecule has 0 fully saturated rings. The maximum atomic E-state index is 5.64. The van der Waals surface area contributed by atoms with E-state index in [1.54, 1.807) is 12.2 Å². The summed E-state index contributed by atoms with van der Waals surface area (Å²) >= 11 is 10.9. The second-order valence-corrected chi connectivity index (χ2v) is 2.17. The lowest BCUT2D eigenvalue weighted by atomic mass is 10.3. The van der Waals surface area contributed by atoms with Crippen LogP contribution in [0.2, 0.25) is 0 Å². The van der Waals surface area contributed by atoms with Crippen molar-refractivity contribution in [3.05, 3.63) is 24.3 Å². The van der Waals surface area contributed by atoms with Gasteiger partial charge in [-0.3, -0.25) is 0 Å². The molecule has 0 nitrogen and oxygen atoms in total. The van der Waals surface area contributed by atoms with E-state index in [0.717, 1.165) is 6.42 Å². The van der Waals surface area contributed by atoms with Crippen LogP contribution >= 0.6 is 23.2 Å². The lowest BCUT2D eigenvalue weighted by Crippen LogP contribution is -1.87. The molecule has 0 N–H and O–H groups in total. The summed E-state index contributed by atoms with van der Waals surface area (Å²) in [5.41, 5.74) is 1.42. The van der Waals surface area contributed by atoms with Crippen LogP contribution in [0.5, 0.6) is 0 Å². The Balaban J connectivity index is 3.31. The molecule has 46 valence electrons. The molecule has 1 atom stereocenters. The largest absolute Gasteiger partial charge is 0.118 e. The highest BCUT2D eigenvalue weighted by molar-refractivity contribution is 6.27. The average Bonchev–Trinajstić information content (AvgIpc) is 1.68. The Hall–Kier alpha value is 0.0600. The molecule has 2 heteroatoms. The van der Waals surface area contributed by atoms with Crippen molar-refractivity contribution in [1.82, 2.24) is 0 Å². The highest BCUT2D eigenvalue weighted by Gasteiger charge is 1.91. The van der Waals surface area contributed by atoms with Crippen LogP contribution in [0.1, 0.15) is 6.42 Å². The zero-order valence-corrected chi connectivity index (χ0v) is 5.99. The maximum Gasteiger partial charge on any atom is 0.0561 e. The number of hydrogen-bond donors (Lipinski definition) is 0. The molecule has 0 aromatic heterocycles. The first-order valence-corrected chi connectivity index (χ1v) is 3.20. The Morgan fingerprint density at radius 1 is 1.62 bits per heavy atom. The minimum absolute atomic E-state index is 0.00463. The van der Waals surface area contributed by atoms with Crippen LogP contribution in [-0.2, 0) is 0 Å². The Labute approximate surface area is 59.8 Å². The highest BCUT2D eigenvalue weighted by Crippen LogP contribution is 2.03. The van der Waals surface area contributed by atoms with Crippen LogP contribution in [0.3, 0.4) is 0 Å². The lowest BCUT2D eigenvalue weighted by molar-refractivity contribution is 1.07. The van der Waals surface area contributed by atoms with E-state index < -0.39 is 0 Å². The van der Waals surface area contributed by atoms with Gasteiger partial charge in [-0.05, 0) is 6.42 Å². The predicted octanol–water partition coefficient (Wildman–Crippen LogP) is 2.92. The van der Waals surface area contributed by atoms with Crippen molar-refractivity contribution in [3.63, 3.8) is 0 Å². The fraction of sp³-hybridized carbons (Fsp3) is 0.333. The molecule has 0 aliphatic rings. The first kappa shape index (κ1) is 8.06. The first-order valence-electron chi connectivity index (χ1n) is 2.33. The third-order valence-electron chi connectivity index (χ3n) is 0.673. The molecule has 0 spiro atoms. The van der Waals surface area contributed by atoms with Gasteiger partial charge in [-0.2, -0.15) is 0 Å². The average molecular weight is 151 g/mol. The third kappa shape index (κ3) is 4.23. The molecule has 0 rings (SSSR count). The molecule has 1 unspecified atom stereocenters. The zero-order chi connectivity index (χ0) is 6.41. The van der Waals surface area contributed by atoms with Crippen molar-refractivity contribution < 1.29 is 0 Å². The van der Waals surface area contributed by atoms with Crippen LogP contribution in [0.4, 0.5) is 0 Å². The summed E-state index contributed by atoms with van der Waals surface area (Å²) in [6.07, 6.45) is 4.24. The topological polar surface area (TPSA) is 0 Å². The molecule has 0 aromatic rings. The van der Waals surface area contributed by atoms with E-state index in [1.807, 2.05) is 0 Å². The molecule has 0 aromatic carbocycles. The van der Waals surface area contributed by atoms with Gasteiger partial charge in [0.05, 0.1) is 5.38 Å². The van der Waals surface area contributed by atoms with Gasteiger partial charge in [0, 0.05) is 5.54 Å². The number of halogens is 2. The van der Waals surface area contributed by atoms with Gasteiger partial charge in [0.15, 0.2) is 0 Å². The van der Waals surface area contributed by atoms with Crippen molar-refractivity contribution in [1.29, 1.82) is 0 Å². The van der Waals surface area contributed by atoms with Gasteiger partial charge in [0.1, 0.15) is 0 Å². The molecular formula is C6H8Cl2. The number of rotatable bonds is 3. The van der Waals surface area contributed by atoms with Gasteiger partial charge in [0.2, 0.25) is 0 Å². The number of alkyl halides is 1. The number of hydrogen-bond acceptors (Lipinski definition) is 0. The summed E-state index contributed by atoms with van der Waals surface area (Å²) in [6, 6.07) is 0. The van der Waals surface area contributed by atoms with Gasteiger partial charge < -0.3 is 0 Å². The van der Waals surface area contributed by atoms with Gasteiger partial charge in [-0.15, -0.1) is 18.2 Å². The summed E-state index contributed by atoms with van der Waals surface area (Å²) in [5, 5.41) is 0.00463. The lowest BCUT2D eigenvalue weighted by Gasteiger charge is -1.93. The van der Waals surface area contributed by atoms with Gasteiger partial charge >= 0.3 is 0 Å². The summed E-state index contributed by atoms with van der Waals surface area (Å²) < 4.78 is 0. The van der Waals surface area contributed by atoms with E-state index in [1.165, 1.54) is 5.54 Å². The van der Waals surface area contributed by atoms with Crippen LogP contribution in [0.15, 0.2) is 24.3 Å². The summed E-state index contributed by atoms with van der Waals surface area (Å²) in [5.74, 6) is 0. The van der Waals surface area contributed by atoms with E-state index in [-0.39, 0.29) is 5.38 Å². The molecule has 8 heavy (non-hydrogen) atoms. The van der Waals surface area contributed by atoms with Gasteiger partial charge in [-0.1, -0.05) is 23.8 Å². The van der Waals surface area contributed by atoms with Gasteiger partial charge in [0.25, 0.3) is 0 Å². The van der Waals surface area contributed by atoms with Crippen molar-refractivity contribution in [2.75, 3.05) is 0 Å². The fourth-order valence-electron chi connectivity index (χ4n) is 0.317. The van der Waals surface area contributed by atoms with Crippen molar-refractivity contribution in [2.24, 2.45) is 0 Å². The summed E-state index contributed by atoms with van der Waals surface area (Å²) in [4.78, 5) is 0. The molecular weight excluding hydrogens is 143 g/mol. The van der Waals surface area contributed by atoms with Gasteiger partial charge in [-0.25, -0.2) is 0 Å². The Morgan fingerprint density at radius 2 is 2.25 bits per heavy atom. The molecule has 0 radical (unpaired) electrons. The maximum absolute atomic E-state index is 5.64. The smallest absolute Gasteiger partial charge is 0.0561 e. The third-order valence-corrected chi connectivity index (χ3v) is 1.14. The summed E-state index contributed by atoms with van der Waals surface area (Å²) in [7, 11) is 0. The Kier molecular flexibility index (Phi) is 5.24. The monoisotopic (exact) mass is 150 g/mol. The molecule has 0 heterocycles. The minimum atomic E-state index is 0.00463. The van der Waals surface area contributed by atoms with Crippen LogP contribution in [0.25, 0.3) is 0 Å². The van der Waals surface area contributed by atoms with Crippen LogP contribution < -0.4 is 0 Å². The fourth-order valence-corrected chi connectivity index (χ4v) is 0.766. The predicted molar refractivity (Wildman–Crippen MR) is 39.4 cm³/mol. The molecule has 0 aliphatic heterocycles. The quantitative estimate of drug-likeness (QED) is 0.429. The van der Waals surface area contributed by atoms with E-state index in [2.05, 4.69) is 6.58 Å². The molecule has 0 amide bonds. The van der Waals surface area contributed by atoms with Crippen LogP contribution in [-0.4, -0.2) is 5.38 Å². The minimum Gasteiger partial charge on any atom is -0.118 e. The summed E-state index contributed by atoms with van der Waals surface area (Å²) in [6.45, 7) is 3.52. The van der Waals surface area contributed by atoms with Crippen LogP contribution in [0, 0.1) is 0 Å².